The molecule has 1 fully saturated rings. The molecule has 1 aliphatic rings. The number of aryl methyl sites for hydroxylation is 2. The van der Waals surface area contributed by atoms with Gasteiger partial charge in [0.25, 0.3) is 5.91 Å². The molecule has 32 heavy (non-hydrogen) atoms. The number of para-hydroxylation sites is 1. The number of imidazole rings is 1. The van der Waals surface area contributed by atoms with Crippen LogP contribution in [0, 0.1) is 0 Å². The minimum atomic E-state index is -0.0706. The number of piperidine rings is 1. The first kappa shape index (κ1) is 20.7. The van der Waals surface area contributed by atoms with Crippen LogP contribution in [0.25, 0.3) is 33.5 Å². The molecule has 2 aromatic carbocycles. The quantitative estimate of drug-likeness (QED) is 0.537. The highest BCUT2D eigenvalue weighted by Crippen LogP contribution is 2.30. The van der Waals surface area contributed by atoms with Crippen molar-refractivity contribution in [2.24, 2.45) is 12.8 Å². The zero-order chi connectivity index (χ0) is 22.4. The highest BCUT2D eigenvalue weighted by Gasteiger charge is 2.29. The Bertz CT molecular complexity index is 1300. The molecule has 1 amide bonds. The second-order valence-electron chi connectivity index (χ2n) is 8.59. The van der Waals surface area contributed by atoms with Gasteiger partial charge in [-0.3, -0.25) is 4.79 Å². The third kappa shape index (κ3) is 3.38. The summed E-state index contributed by atoms with van der Waals surface area (Å²) in [4.78, 5) is 19.9. The van der Waals surface area contributed by atoms with Gasteiger partial charge in [0.05, 0.1) is 22.8 Å². The predicted molar refractivity (Wildman–Crippen MR) is 127 cm³/mol. The van der Waals surface area contributed by atoms with E-state index >= 15 is 0 Å². The van der Waals surface area contributed by atoms with Gasteiger partial charge in [-0.15, -0.1) is 0 Å². The van der Waals surface area contributed by atoms with Crippen LogP contribution >= 0.6 is 0 Å². The summed E-state index contributed by atoms with van der Waals surface area (Å²) in [6.45, 7) is 4.10. The number of likely N-dealkylation sites (tertiary alicyclic amines) is 1. The Morgan fingerprint density at radius 3 is 2.75 bits per heavy atom. The molecular formula is C25H29N5O2. The van der Waals surface area contributed by atoms with Crippen LogP contribution < -0.4 is 5.73 Å². The van der Waals surface area contributed by atoms with Crippen molar-refractivity contribution in [3.8, 4) is 11.5 Å². The zero-order valence-electron chi connectivity index (χ0n) is 18.8. The number of nitrogens with two attached hydrogens (primary N) is 1. The summed E-state index contributed by atoms with van der Waals surface area (Å²) >= 11 is 0. The molecule has 1 saturated heterocycles. The molecular weight excluding hydrogens is 402 g/mol. The number of hydrogen-bond donors (Lipinski definition) is 1. The van der Waals surface area contributed by atoms with E-state index in [0.29, 0.717) is 18.7 Å². The Hall–Kier alpha value is -3.16. The van der Waals surface area contributed by atoms with Gasteiger partial charge >= 0.3 is 0 Å². The van der Waals surface area contributed by atoms with E-state index in [4.69, 9.17) is 15.5 Å². The maximum atomic E-state index is 13.2. The van der Waals surface area contributed by atoms with Gasteiger partial charge in [-0.05, 0) is 43.7 Å². The van der Waals surface area contributed by atoms with Crippen LogP contribution in [-0.4, -0.2) is 57.3 Å². The maximum Gasteiger partial charge on any atom is 0.254 e. The molecule has 3 heterocycles. The van der Waals surface area contributed by atoms with Gasteiger partial charge in [0.1, 0.15) is 0 Å². The minimum Gasteiger partial charge on any atom is -0.380 e. The van der Waals surface area contributed by atoms with E-state index in [1.54, 1.807) is 12.0 Å². The van der Waals surface area contributed by atoms with E-state index in [1.165, 1.54) is 10.9 Å². The van der Waals surface area contributed by atoms with Crippen LogP contribution in [0.3, 0.4) is 0 Å². The van der Waals surface area contributed by atoms with Crippen LogP contribution in [-0.2, 0) is 18.3 Å². The number of benzene rings is 2. The number of nitrogens with zero attached hydrogens (tertiary/aromatic N) is 4. The molecule has 2 atom stereocenters. The number of methoxy groups -OCH3 is 1. The average Bonchev–Trinajstić information content (AvgIpc) is 3.34. The molecule has 4 aromatic rings. The number of ether oxygens (including phenoxy) is 1. The summed E-state index contributed by atoms with van der Waals surface area (Å²) in [5.74, 6) is 0.862. The van der Waals surface area contributed by atoms with Crippen LogP contribution in [0.2, 0.25) is 0 Å². The van der Waals surface area contributed by atoms with Gasteiger partial charge in [0, 0.05) is 56.3 Å². The second-order valence-corrected chi connectivity index (χ2v) is 8.59. The Morgan fingerprint density at radius 1 is 1.16 bits per heavy atom. The van der Waals surface area contributed by atoms with E-state index in [1.807, 2.05) is 25.2 Å². The number of carbonyl (C=O) groups is 1. The van der Waals surface area contributed by atoms with E-state index in [2.05, 4.69) is 46.4 Å². The third-order valence-electron chi connectivity index (χ3n) is 6.55. The summed E-state index contributed by atoms with van der Waals surface area (Å²) in [7, 11) is 3.69. The van der Waals surface area contributed by atoms with Crippen LogP contribution in [0.1, 0.15) is 23.7 Å². The Balaban J connectivity index is 1.54. The van der Waals surface area contributed by atoms with Crippen molar-refractivity contribution < 1.29 is 9.53 Å². The molecule has 0 aliphatic carbocycles. The molecule has 5 rings (SSSR count). The summed E-state index contributed by atoms with van der Waals surface area (Å²) in [5.41, 5.74) is 10.9. The molecule has 1 aliphatic heterocycles. The molecule has 0 spiro atoms. The van der Waals surface area contributed by atoms with Crippen LogP contribution in [0.15, 0.2) is 48.5 Å². The van der Waals surface area contributed by atoms with Gasteiger partial charge in [-0.25, -0.2) is 4.98 Å². The monoisotopic (exact) mass is 431 g/mol. The summed E-state index contributed by atoms with van der Waals surface area (Å²) < 4.78 is 9.85. The molecule has 0 bridgehead atoms. The summed E-state index contributed by atoms with van der Waals surface area (Å²) in [6, 6.07) is 16.3. The summed E-state index contributed by atoms with van der Waals surface area (Å²) in [5, 5.41) is 1.20. The zero-order valence-corrected chi connectivity index (χ0v) is 18.8. The highest BCUT2D eigenvalue weighted by atomic mass is 16.5. The van der Waals surface area contributed by atoms with Crippen molar-refractivity contribution >= 4 is 27.8 Å². The molecule has 2 aromatic heterocycles. The van der Waals surface area contributed by atoms with Crippen molar-refractivity contribution in [3.05, 3.63) is 54.1 Å². The van der Waals surface area contributed by atoms with E-state index in [-0.39, 0.29) is 18.1 Å². The van der Waals surface area contributed by atoms with Crippen molar-refractivity contribution in [2.45, 2.75) is 32.0 Å². The molecule has 0 unspecified atom stereocenters. The lowest BCUT2D eigenvalue weighted by Crippen LogP contribution is -2.51. The lowest BCUT2D eigenvalue weighted by atomic mass is 10.0. The fraction of sp³-hybridized carbons (Fsp3) is 0.360. The fourth-order valence-electron chi connectivity index (χ4n) is 4.91. The maximum absolute atomic E-state index is 13.2. The highest BCUT2D eigenvalue weighted by molar-refractivity contribution is 5.98. The smallest absolute Gasteiger partial charge is 0.254 e. The normalized spacial score (nSPS) is 19.2. The lowest BCUT2D eigenvalue weighted by Gasteiger charge is -2.35. The molecule has 2 N–H and O–H groups in total. The van der Waals surface area contributed by atoms with Gasteiger partial charge in [-0.1, -0.05) is 18.2 Å². The number of carbonyl (C=O) groups excluding carboxylic acids is 1. The topological polar surface area (TPSA) is 78.3 Å². The SMILES string of the molecule is CCn1c(-c2nc3cc(C(=O)N4C[C@H](N)C[C@@H](OC)C4)ccc3n2C)cc2ccccc21. The molecule has 7 nitrogen and oxygen atoms in total. The number of rotatable bonds is 4. The standard InChI is InChI=1S/C25H29N5O2/c1-4-30-21-8-6-5-7-16(21)12-23(30)24-27-20-11-17(9-10-22(20)28(24)2)25(31)29-14-18(26)13-19(15-29)32-3/h5-12,18-19H,4,13-15,26H2,1-3H3/t18-,19-/m1/s1. The van der Waals surface area contributed by atoms with Gasteiger partial charge in [-0.2, -0.15) is 0 Å². The number of hydrogen-bond acceptors (Lipinski definition) is 4. The molecule has 166 valence electrons. The first-order chi connectivity index (χ1) is 15.5. The number of aromatic nitrogens is 3. The third-order valence-corrected chi connectivity index (χ3v) is 6.55. The van der Waals surface area contributed by atoms with E-state index in [9.17, 15) is 4.79 Å². The Morgan fingerprint density at radius 2 is 1.97 bits per heavy atom. The lowest BCUT2D eigenvalue weighted by molar-refractivity contribution is 0.0211. The molecule has 0 radical (unpaired) electrons. The second kappa shape index (κ2) is 8.07. The Kier molecular flexibility index (Phi) is 5.23. The van der Waals surface area contributed by atoms with Crippen LogP contribution in [0.4, 0.5) is 0 Å². The number of fused-ring (bicyclic) bond motifs is 2. The average molecular weight is 432 g/mol. The first-order valence-corrected chi connectivity index (χ1v) is 11.1. The number of amides is 1. The van der Waals surface area contributed by atoms with Crippen LogP contribution in [0.5, 0.6) is 0 Å². The van der Waals surface area contributed by atoms with Crippen molar-refractivity contribution in [3.63, 3.8) is 0 Å². The summed E-state index contributed by atoms with van der Waals surface area (Å²) in [6.07, 6.45) is 0.748. The predicted octanol–water partition coefficient (Wildman–Crippen LogP) is 3.40. The molecule has 0 saturated carbocycles. The van der Waals surface area contributed by atoms with Crippen molar-refractivity contribution in [2.75, 3.05) is 20.2 Å². The van der Waals surface area contributed by atoms with E-state index in [0.717, 1.165) is 35.5 Å². The largest absolute Gasteiger partial charge is 0.380 e. The van der Waals surface area contributed by atoms with Gasteiger partial charge in [0.2, 0.25) is 0 Å². The minimum absolute atomic E-state index is 0.0242. The van der Waals surface area contributed by atoms with Gasteiger partial charge in [0.15, 0.2) is 5.82 Å². The first-order valence-electron chi connectivity index (χ1n) is 11.1. The van der Waals surface area contributed by atoms with Gasteiger partial charge < -0.3 is 24.5 Å². The fourth-order valence-corrected chi connectivity index (χ4v) is 4.91. The van der Waals surface area contributed by atoms with Crippen molar-refractivity contribution in [1.82, 2.24) is 19.0 Å². The Labute approximate surface area is 187 Å². The van der Waals surface area contributed by atoms with Crippen molar-refractivity contribution in [1.29, 1.82) is 0 Å². The van der Waals surface area contributed by atoms with E-state index < -0.39 is 0 Å². The molecule has 7 heteroatoms.